The van der Waals surface area contributed by atoms with Crippen LogP contribution in [0.25, 0.3) is 0 Å². The Balaban J connectivity index is 2.46. The zero-order valence-corrected chi connectivity index (χ0v) is 10.9. The third-order valence-electron chi connectivity index (χ3n) is 3.70. The molecule has 0 amide bonds. The summed E-state index contributed by atoms with van der Waals surface area (Å²) < 4.78 is 0. The van der Waals surface area contributed by atoms with Crippen molar-refractivity contribution in [3.05, 3.63) is 0 Å². The number of hydrogen-bond donors (Lipinski definition) is 1. The summed E-state index contributed by atoms with van der Waals surface area (Å²) in [6.45, 7) is 9.18. The van der Waals surface area contributed by atoms with E-state index in [1.165, 1.54) is 19.3 Å². The van der Waals surface area contributed by atoms with Crippen molar-refractivity contribution in [2.24, 2.45) is 17.1 Å². The molecule has 2 nitrogen and oxygen atoms in total. The Morgan fingerprint density at radius 3 is 2.53 bits per heavy atom. The summed E-state index contributed by atoms with van der Waals surface area (Å²) in [7, 11) is 2.26. The lowest BCUT2D eigenvalue weighted by Crippen LogP contribution is -2.42. The van der Waals surface area contributed by atoms with Crippen molar-refractivity contribution in [1.29, 1.82) is 0 Å². The summed E-state index contributed by atoms with van der Waals surface area (Å²) in [5.74, 6) is 0.874. The lowest BCUT2D eigenvalue weighted by atomic mass is 9.70. The van der Waals surface area contributed by atoms with Crippen molar-refractivity contribution in [2.75, 3.05) is 20.1 Å². The van der Waals surface area contributed by atoms with Crippen LogP contribution < -0.4 is 5.73 Å². The van der Waals surface area contributed by atoms with Gasteiger partial charge in [-0.2, -0.15) is 0 Å². The van der Waals surface area contributed by atoms with E-state index in [9.17, 15) is 0 Å². The van der Waals surface area contributed by atoms with Crippen molar-refractivity contribution in [1.82, 2.24) is 4.90 Å². The van der Waals surface area contributed by atoms with Crippen molar-refractivity contribution in [2.45, 2.75) is 52.5 Å². The zero-order valence-electron chi connectivity index (χ0n) is 10.9. The summed E-state index contributed by atoms with van der Waals surface area (Å²) in [4.78, 5) is 2.52. The summed E-state index contributed by atoms with van der Waals surface area (Å²) >= 11 is 0. The number of nitrogens with two attached hydrogens (primary N) is 1. The Morgan fingerprint density at radius 2 is 2.00 bits per heavy atom. The van der Waals surface area contributed by atoms with E-state index in [0.717, 1.165) is 31.5 Å². The molecule has 1 fully saturated rings. The highest BCUT2D eigenvalue weighted by Crippen LogP contribution is 2.40. The second-order valence-corrected chi connectivity index (χ2v) is 6.19. The molecule has 2 atom stereocenters. The molecule has 90 valence electrons. The third kappa shape index (κ3) is 4.12. The minimum absolute atomic E-state index is 0.527. The topological polar surface area (TPSA) is 29.3 Å². The molecule has 0 bridgehead atoms. The van der Waals surface area contributed by atoms with E-state index in [2.05, 4.69) is 32.7 Å². The maximum absolute atomic E-state index is 5.56. The van der Waals surface area contributed by atoms with Gasteiger partial charge in [0.1, 0.15) is 0 Å². The molecule has 15 heavy (non-hydrogen) atoms. The summed E-state index contributed by atoms with van der Waals surface area (Å²) in [6.07, 6.45) is 5.22. The van der Waals surface area contributed by atoms with E-state index in [0.29, 0.717) is 5.41 Å². The van der Waals surface area contributed by atoms with Crippen molar-refractivity contribution in [3.8, 4) is 0 Å². The van der Waals surface area contributed by atoms with Gasteiger partial charge in [0.2, 0.25) is 0 Å². The maximum Gasteiger partial charge on any atom is 0.00998 e. The number of nitrogens with zero attached hydrogens (tertiary/aromatic N) is 1. The van der Waals surface area contributed by atoms with E-state index >= 15 is 0 Å². The fourth-order valence-corrected chi connectivity index (χ4v) is 3.15. The minimum atomic E-state index is 0.527. The van der Waals surface area contributed by atoms with E-state index in [1.54, 1.807) is 0 Å². The van der Waals surface area contributed by atoms with Crippen molar-refractivity contribution >= 4 is 0 Å². The molecule has 0 heterocycles. The van der Waals surface area contributed by atoms with Gasteiger partial charge in [-0.15, -0.1) is 0 Å². The van der Waals surface area contributed by atoms with Crippen LogP contribution in [0.4, 0.5) is 0 Å². The lowest BCUT2D eigenvalue weighted by molar-refractivity contribution is 0.0826. The summed E-state index contributed by atoms with van der Waals surface area (Å²) in [5.41, 5.74) is 6.09. The molecule has 2 N–H and O–H groups in total. The molecular formula is C13H28N2. The van der Waals surface area contributed by atoms with Crippen molar-refractivity contribution < 1.29 is 0 Å². The molecule has 0 saturated heterocycles. The smallest absolute Gasteiger partial charge is 0.00998 e. The average molecular weight is 212 g/mol. The minimum Gasteiger partial charge on any atom is -0.330 e. The van der Waals surface area contributed by atoms with Crippen LogP contribution in [-0.2, 0) is 0 Å². The highest BCUT2D eigenvalue weighted by Gasteiger charge is 2.33. The second-order valence-electron chi connectivity index (χ2n) is 6.19. The molecule has 0 radical (unpaired) electrons. The fourth-order valence-electron chi connectivity index (χ4n) is 3.15. The zero-order chi connectivity index (χ0) is 11.5. The number of rotatable bonds is 4. The van der Waals surface area contributed by atoms with Crippen LogP contribution in [0, 0.1) is 11.3 Å². The van der Waals surface area contributed by atoms with Crippen LogP contribution in [0.1, 0.15) is 46.5 Å². The van der Waals surface area contributed by atoms with Gasteiger partial charge in [0.05, 0.1) is 0 Å². The summed E-state index contributed by atoms with van der Waals surface area (Å²) in [5, 5.41) is 0. The molecule has 0 aromatic carbocycles. The normalized spacial score (nSPS) is 30.8. The Bertz CT molecular complexity index is 189. The van der Waals surface area contributed by atoms with Gasteiger partial charge in [-0.3, -0.25) is 0 Å². The molecule has 0 aliphatic heterocycles. The Labute approximate surface area is 95.2 Å². The predicted molar refractivity (Wildman–Crippen MR) is 66.9 cm³/mol. The quantitative estimate of drug-likeness (QED) is 0.776. The van der Waals surface area contributed by atoms with Gasteiger partial charge in [-0.1, -0.05) is 20.8 Å². The van der Waals surface area contributed by atoms with Gasteiger partial charge in [0, 0.05) is 6.04 Å². The fraction of sp³-hybridized carbons (Fsp3) is 1.00. The first-order valence-electron chi connectivity index (χ1n) is 6.35. The first kappa shape index (κ1) is 13.0. The van der Waals surface area contributed by atoms with Crippen LogP contribution in [0.3, 0.4) is 0 Å². The lowest BCUT2D eigenvalue weighted by Gasteiger charge is -2.42. The highest BCUT2D eigenvalue weighted by atomic mass is 15.1. The maximum atomic E-state index is 5.56. The Morgan fingerprint density at radius 1 is 1.33 bits per heavy atom. The van der Waals surface area contributed by atoms with E-state index in [4.69, 9.17) is 5.73 Å². The number of hydrogen-bond acceptors (Lipinski definition) is 2. The second kappa shape index (κ2) is 5.31. The molecule has 0 aromatic rings. The van der Waals surface area contributed by atoms with Crippen LogP contribution in [0.5, 0.6) is 0 Å². The molecule has 0 aromatic heterocycles. The Hall–Kier alpha value is -0.0800. The van der Waals surface area contributed by atoms with Gasteiger partial charge < -0.3 is 10.6 Å². The van der Waals surface area contributed by atoms with E-state index in [-0.39, 0.29) is 0 Å². The molecule has 1 aliphatic carbocycles. The predicted octanol–water partition coefficient (Wildman–Crippen LogP) is 2.48. The summed E-state index contributed by atoms with van der Waals surface area (Å²) in [6, 6.07) is 0.773. The van der Waals surface area contributed by atoms with Gasteiger partial charge in [0.25, 0.3) is 0 Å². The first-order chi connectivity index (χ1) is 6.94. The molecule has 2 unspecified atom stereocenters. The largest absolute Gasteiger partial charge is 0.330 e. The van der Waals surface area contributed by atoms with Gasteiger partial charge >= 0.3 is 0 Å². The van der Waals surface area contributed by atoms with Gasteiger partial charge in [-0.05, 0) is 57.2 Å². The SMILES string of the molecule is CC1CC(N(C)CCCN)CC(C)(C)C1. The van der Waals surface area contributed by atoms with Gasteiger partial charge in [0.15, 0.2) is 0 Å². The molecule has 2 heteroatoms. The van der Waals surface area contributed by atoms with E-state index in [1.807, 2.05) is 0 Å². The standard InChI is InChI=1S/C13H28N2/c1-11-8-12(10-13(2,3)9-11)15(4)7-5-6-14/h11-12H,5-10,14H2,1-4H3. The molecular weight excluding hydrogens is 184 g/mol. The van der Waals surface area contributed by atoms with E-state index < -0.39 is 0 Å². The highest BCUT2D eigenvalue weighted by molar-refractivity contribution is 4.87. The first-order valence-corrected chi connectivity index (χ1v) is 6.35. The molecule has 1 rings (SSSR count). The monoisotopic (exact) mass is 212 g/mol. The average Bonchev–Trinajstić information content (AvgIpc) is 2.10. The molecule has 1 saturated carbocycles. The third-order valence-corrected chi connectivity index (χ3v) is 3.70. The van der Waals surface area contributed by atoms with Crippen molar-refractivity contribution in [3.63, 3.8) is 0 Å². The Kier molecular flexibility index (Phi) is 4.60. The van der Waals surface area contributed by atoms with Crippen LogP contribution in [0.15, 0.2) is 0 Å². The molecule has 0 spiro atoms. The van der Waals surface area contributed by atoms with Gasteiger partial charge in [-0.25, -0.2) is 0 Å². The van der Waals surface area contributed by atoms with Crippen LogP contribution >= 0.6 is 0 Å². The van der Waals surface area contributed by atoms with Crippen LogP contribution in [0.2, 0.25) is 0 Å². The van der Waals surface area contributed by atoms with Crippen LogP contribution in [-0.4, -0.2) is 31.1 Å². The molecule has 1 aliphatic rings.